The Labute approximate surface area is 130 Å². The van der Waals surface area contributed by atoms with Crippen molar-refractivity contribution >= 4 is 11.7 Å². The first-order valence-electron chi connectivity index (χ1n) is 7.35. The molecule has 6 nitrogen and oxygen atoms in total. The number of nitrogens with one attached hydrogen (secondary N) is 1. The maximum absolute atomic E-state index is 11.6. The summed E-state index contributed by atoms with van der Waals surface area (Å²) in [6.45, 7) is 5.90. The zero-order chi connectivity index (χ0) is 16.1. The van der Waals surface area contributed by atoms with Gasteiger partial charge in [-0.15, -0.1) is 0 Å². The van der Waals surface area contributed by atoms with Crippen LogP contribution in [0.15, 0.2) is 30.6 Å². The normalized spacial score (nSPS) is 12.2. The molecular weight excluding hydrogens is 278 g/mol. The van der Waals surface area contributed by atoms with Gasteiger partial charge in [-0.05, 0) is 24.5 Å². The van der Waals surface area contributed by atoms with Gasteiger partial charge in [-0.2, -0.15) is 0 Å². The van der Waals surface area contributed by atoms with Crippen LogP contribution in [0.3, 0.4) is 0 Å². The molecule has 2 rings (SSSR count). The molecule has 116 valence electrons. The van der Waals surface area contributed by atoms with E-state index in [0.717, 1.165) is 17.7 Å². The van der Waals surface area contributed by atoms with Crippen molar-refractivity contribution in [2.45, 2.75) is 33.2 Å². The van der Waals surface area contributed by atoms with Crippen molar-refractivity contribution in [3.63, 3.8) is 0 Å². The Bertz CT molecular complexity index is 642. The molecule has 0 aliphatic carbocycles. The molecule has 3 N–H and O–H groups in total. The van der Waals surface area contributed by atoms with E-state index in [1.807, 2.05) is 39.0 Å². The Morgan fingerprint density at radius 2 is 1.95 bits per heavy atom. The average molecular weight is 299 g/mol. The predicted octanol–water partition coefficient (Wildman–Crippen LogP) is 2.02. The minimum atomic E-state index is -0.468. The number of amides is 1. The molecule has 0 aliphatic heterocycles. The Balaban J connectivity index is 2.38. The number of carbonyl (C=O) groups excluding carboxylic acids is 1. The number of rotatable bonds is 6. The third kappa shape index (κ3) is 3.78. The molecule has 0 radical (unpaired) electrons. The number of pyridine rings is 1. The van der Waals surface area contributed by atoms with Gasteiger partial charge in [0.2, 0.25) is 5.91 Å². The number of anilines is 1. The second kappa shape index (κ2) is 6.98. The summed E-state index contributed by atoms with van der Waals surface area (Å²) in [6.07, 6.45) is 4.17. The van der Waals surface area contributed by atoms with Crippen LogP contribution in [0.5, 0.6) is 0 Å². The largest absolute Gasteiger partial charge is 0.368 e. The number of hydrogen-bond donors (Lipinski definition) is 2. The lowest BCUT2D eigenvalue weighted by atomic mass is 10.0. The molecule has 0 spiro atoms. The maximum Gasteiger partial charge on any atom is 0.240 e. The third-order valence-corrected chi connectivity index (χ3v) is 3.36. The van der Waals surface area contributed by atoms with E-state index < -0.39 is 11.9 Å². The molecule has 0 saturated heterocycles. The summed E-state index contributed by atoms with van der Waals surface area (Å²) in [4.78, 5) is 24.6. The van der Waals surface area contributed by atoms with Gasteiger partial charge in [0.05, 0.1) is 0 Å². The second-order valence-corrected chi connectivity index (χ2v) is 5.43. The van der Waals surface area contributed by atoms with Crippen LogP contribution >= 0.6 is 0 Å². The standard InChI is InChI=1S/C16H21N5O/c1-4-12-9-13(20-14(10(2)3)15(17)22)21-16(19-12)11-5-7-18-8-6-11/h5-10,14H,4H2,1-3H3,(H2,17,22)(H,19,20,21)/t14-/m1/s1. The first kappa shape index (κ1) is 15.9. The summed E-state index contributed by atoms with van der Waals surface area (Å²) >= 11 is 0. The Morgan fingerprint density at radius 1 is 1.27 bits per heavy atom. The lowest BCUT2D eigenvalue weighted by molar-refractivity contribution is -0.119. The van der Waals surface area contributed by atoms with Crippen molar-refractivity contribution in [2.75, 3.05) is 5.32 Å². The lowest BCUT2D eigenvalue weighted by Gasteiger charge is -2.20. The molecule has 0 unspecified atom stereocenters. The van der Waals surface area contributed by atoms with Crippen LogP contribution in [0.1, 0.15) is 26.5 Å². The zero-order valence-electron chi connectivity index (χ0n) is 13.1. The zero-order valence-corrected chi connectivity index (χ0v) is 13.1. The molecule has 22 heavy (non-hydrogen) atoms. The maximum atomic E-state index is 11.6. The van der Waals surface area contributed by atoms with Crippen LogP contribution < -0.4 is 11.1 Å². The van der Waals surface area contributed by atoms with Crippen molar-refractivity contribution in [3.8, 4) is 11.4 Å². The fourth-order valence-corrected chi connectivity index (χ4v) is 2.11. The number of nitrogens with two attached hydrogens (primary N) is 1. The van der Waals surface area contributed by atoms with Crippen LogP contribution in [0.4, 0.5) is 5.82 Å². The molecular formula is C16H21N5O. The number of carbonyl (C=O) groups is 1. The minimum Gasteiger partial charge on any atom is -0.368 e. The number of nitrogens with zero attached hydrogens (tertiary/aromatic N) is 3. The van der Waals surface area contributed by atoms with Crippen LogP contribution in [-0.4, -0.2) is 26.9 Å². The second-order valence-electron chi connectivity index (χ2n) is 5.43. The number of aryl methyl sites for hydroxylation is 1. The van der Waals surface area contributed by atoms with Crippen LogP contribution in [0, 0.1) is 5.92 Å². The smallest absolute Gasteiger partial charge is 0.240 e. The monoisotopic (exact) mass is 299 g/mol. The quantitative estimate of drug-likeness (QED) is 0.851. The lowest BCUT2D eigenvalue weighted by Crippen LogP contribution is -2.39. The number of aromatic nitrogens is 3. The van der Waals surface area contributed by atoms with E-state index in [0.29, 0.717) is 11.6 Å². The first-order chi connectivity index (χ1) is 10.5. The van der Waals surface area contributed by atoms with Crippen molar-refractivity contribution in [3.05, 3.63) is 36.3 Å². The molecule has 1 amide bonds. The summed E-state index contributed by atoms with van der Waals surface area (Å²) in [5.41, 5.74) is 7.23. The van der Waals surface area contributed by atoms with E-state index in [-0.39, 0.29) is 5.92 Å². The number of primary amides is 1. The average Bonchev–Trinajstić information content (AvgIpc) is 2.52. The van der Waals surface area contributed by atoms with E-state index in [1.54, 1.807) is 12.4 Å². The summed E-state index contributed by atoms with van der Waals surface area (Å²) in [5.74, 6) is 0.895. The summed E-state index contributed by atoms with van der Waals surface area (Å²) in [5, 5.41) is 3.12. The molecule has 1 atom stereocenters. The SMILES string of the molecule is CCc1cc(N[C@@H](C(N)=O)C(C)C)nc(-c2ccncc2)n1. The van der Waals surface area contributed by atoms with Crippen molar-refractivity contribution in [1.82, 2.24) is 15.0 Å². The van der Waals surface area contributed by atoms with Gasteiger partial charge in [0, 0.05) is 29.7 Å². The molecule has 0 saturated carbocycles. The Hall–Kier alpha value is -2.50. The van der Waals surface area contributed by atoms with E-state index in [1.165, 1.54) is 0 Å². The predicted molar refractivity (Wildman–Crippen MR) is 86.1 cm³/mol. The first-order valence-corrected chi connectivity index (χ1v) is 7.35. The molecule has 2 heterocycles. The van der Waals surface area contributed by atoms with Gasteiger partial charge in [-0.1, -0.05) is 20.8 Å². The summed E-state index contributed by atoms with van der Waals surface area (Å²) in [7, 11) is 0. The van der Waals surface area contributed by atoms with E-state index in [9.17, 15) is 4.79 Å². The van der Waals surface area contributed by atoms with E-state index in [4.69, 9.17) is 5.73 Å². The van der Waals surface area contributed by atoms with Crippen molar-refractivity contribution in [1.29, 1.82) is 0 Å². The topological polar surface area (TPSA) is 93.8 Å². The highest BCUT2D eigenvalue weighted by Gasteiger charge is 2.20. The highest BCUT2D eigenvalue weighted by atomic mass is 16.1. The van der Waals surface area contributed by atoms with Crippen LogP contribution in [0.2, 0.25) is 0 Å². The van der Waals surface area contributed by atoms with Gasteiger partial charge >= 0.3 is 0 Å². The van der Waals surface area contributed by atoms with Gasteiger partial charge in [-0.3, -0.25) is 9.78 Å². The van der Waals surface area contributed by atoms with Gasteiger partial charge in [0.15, 0.2) is 5.82 Å². The van der Waals surface area contributed by atoms with Crippen LogP contribution in [-0.2, 0) is 11.2 Å². The molecule has 0 aromatic carbocycles. The van der Waals surface area contributed by atoms with Crippen molar-refractivity contribution in [2.24, 2.45) is 11.7 Å². The summed E-state index contributed by atoms with van der Waals surface area (Å²) in [6, 6.07) is 5.09. The number of hydrogen-bond acceptors (Lipinski definition) is 5. The third-order valence-electron chi connectivity index (χ3n) is 3.36. The van der Waals surface area contributed by atoms with Crippen molar-refractivity contribution < 1.29 is 4.79 Å². The fraction of sp³-hybridized carbons (Fsp3) is 0.375. The van der Waals surface area contributed by atoms with Gasteiger partial charge < -0.3 is 11.1 Å². The molecule has 2 aromatic rings. The molecule has 0 bridgehead atoms. The molecule has 0 fully saturated rings. The van der Waals surface area contributed by atoms with Crippen LogP contribution in [0.25, 0.3) is 11.4 Å². The van der Waals surface area contributed by atoms with E-state index in [2.05, 4.69) is 20.3 Å². The molecule has 2 aromatic heterocycles. The van der Waals surface area contributed by atoms with Gasteiger partial charge in [-0.25, -0.2) is 9.97 Å². The molecule has 0 aliphatic rings. The van der Waals surface area contributed by atoms with Gasteiger partial charge in [0.25, 0.3) is 0 Å². The fourth-order valence-electron chi connectivity index (χ4n) is 2.11. The van der Waals surface area contributed by atoms with E-state index >= 15 is 0 Å². The Morgan fingerprint density at radius 3 is 2.50 bits per heavy atom. The highest BCUT2D eigenvalue weighted by Crippen LogP contribution is 2.19. The summed E-state index contributed by atoms with van der Waals surface area (Å²) < 4.78 is 0. The minimum absolute atomic E-state index is 0.0712. The Kier molecular flexibility index (Phi) is 5.04. The highest BCUT2D eigenvalue weighted by molar-refractivity contribution is 5.83. The van der Waals surface area contributed by atoms with Gasteiger partial charge in [0.1, 0.15) is 11.9 Å². The molecule has 6 heteroatoms.